The zero-order valence-electron chi connectivity index (χ0n) is 13.1. The van der Waals surface area contributed by atoms with E-state index in [1.54, 1.807) is 17.3 Å². The Labute approximate surface area is 150 Å². The number of hydrogen-bond donors (Lipinski definition) is 0. The molecule has 0 N–H and O–H groups in total. The SMILES string of the molecule is CCOc1ccccc1/C=C1/SC(=S)N(Cc2cccnc2)C1=O. The average molecular weight is 356 g/mol. The van der Waals surface area contributed by atoms with Gasteiger partial charge in [0.05, 0.1) is 18.1 Å². The molecule has 1 aromatic carbocycles. The van der Waals surface area contributed by atoms with Crippen molar-refractivity contribution in [1.82, 2.24) is 9.88 Å². The third kappa shape index (κ3) is 3.66. The van der Waals surface area contributed by atoms with E-state index in [4.69, 9.17) is 17.0 Å². The molecule has 1 fully saturated rings. The summed E-state index contributed by atoms with van der Waals surface area (Å²) >= 11 is 6.69. The number of aromatic nitrogens is 1. The predicted octanol–water partition coefficient (Wildman–Crippen LogP) is 3.88. The van der Waals surface area contributed by atoms with Gasteiger partial charge in [-0.15, -0.1) is 0 Å². The van der Waals surface area contributed by atoms with Crippen LogP contribution < -0.4 is 4.74 Å². The number of para-hydroxylation sites is 1. The number of carbonyl (C=O) groups is 1. The minimum Gasteiger partial charge on any atom is -0.493 e. The van der Waals surface area contributed by atoms with Crippen LogP contribution in [0.15, 0.2) is 53.7 Å². The Kier molecular flexibility index (Phi) is 5.27. The third-order valence-corrected chi connectivity index (χ3v) is 4.82. The van der Waals surface area contributed by atoms with Crippen LogP contribution in [0.2, 0.25) is 0 Å². The summed E-state index contributed by atoms with van der Waals surface area (Å²) < 4.78 is 6.17. The molecule has 1 saturated heterocycles. The highest BCUT2D eigenvalue weighted by Gasteiger charge is 2.32. The van der Waals surface area contributed by atoms with Crippen LogP contribution in [-0.4, -0.2) is 26.7 Å². The molecular formula is C18H16N2O2S2. The number of benzene rings is 1. The highest BCUT2D eigenvalue weighted by Crippen LogP contribution is 2.35. The maximum atomic E-state index is 12.7. The number of thioether (sulfide) groups is 1. The van der Waals surface area contributed by atoms with E-state index in [0.717, 1.165) is 16.9 Å². The Morgan fingerprint density at radius 2 is 2.12 bits per heavy atom. The molecule has 1 aliphatic heterocycles. The van der Waals surface area contributed by atoms with Crippen LogP contribution >= 0.6 is 24.0 Å². The molecule has 1 aromatic heterocycles. The number of hydrogen-bond acceptors (Lipinski definition) is 5. The first-order chi connectivity index (χ1) is 11.7. The maximum Gasteiger partial charge on any atom is 0.266 e. The molecule has 0 spiro atoms. The Balaban J connectivity index is 1.83. The molecule has 0 aliphatic carbocycles. The van der Waals surface area contributed by atoms with Gasteiger partial charge in [0.15, 0.2) is 0 Å². The number of thiocarbonyl (C=S) groups is 1. The van der Waals surface area contributed by atoms with Crippen molar-refractivity contribution in [3.05, 3.63) is 64.8 Å². The van der Waals surface area contributed by atoms with Crippen LogP contribution in [0, 0.1) is 0 Å². The normalized spacial score (nSPS) is 16.0. The summed E-state index contributed by atoms with van der Waals surface area (Å²) in [6, 6.07) is 11.4. The Hall–Kier alpha value is -2.18. The van der Waals surface area contributed by atoms with Gasteiger partial charge in [-0.25, -0.2) is 0 Å². The topological polar surface area (TPSA) is 42.4 Å². The summed E-state index contributed by atoms with van der Waals surface area (Å²) in [5.74, 6) is 0.678. The van der Waals surface area contributed by atoms with Crippen molar-refractivity contribution in [2.45, 2.75) is 13.5 Å². The van der Waals surface area contributed by atoms with Gasteiger partial charge in [0.25, 0.3) is 5.91 Å². The molecule has 4 nitrogen and oxygen atoms in total. The van der Waals surface area contributed by atoms with E-state index in [1.807, 2.05) is 49.4 Å². The van der Waals surface area contributed by atoms with E-state index in [2.05, 4.69) is 4.98 Å². The number of pyridine rings is 1. The first-order valence-corrected chi connectivity index (χ1v) is 8.77. The molecule has 0 atom stereocenters. The van der Waals surface area contributed by atoms with Crippen LogP contribution in [0.25, 0.3) is 6.08 Å². The van der Waals surface area contributed by atoms with E-state index in [-0.39, 0.29) is 5.91 Å². The van der Waals surface area contributed by atoms with Crippen molar-refractivity contribution in [2.75, 3.05) is 6.61 Å². The Morgan fingerprint density at radius 1 is 1.29 bits per heavy atom. The quantitative estimate of drug-likeness (QED) is 0.601. The molecule has 1 amide bonds. The van der Waals surface area contributed by atoms with E-state index >= 15 is 0 Å². The van der Waals surface area contributed by atoms with E-state index in [9.17, 15) is 4.79 Å². The largest absolute Gasteiger partial charge is 0.493 e. The van der Waals surface area contributed by atoms with Crippen LogP contribution in [0.4, 0.5) is 0 Å². The van der Waals surface area contributed by atoms with Crippen LogP contribution in [0.3, 0.4) is 0 Å². The molecule has 6 heteroatoms. The molecule has 2 heterocycles. The molecule has 2 aromatic rings. The van der Waals surface area contributed by atoms with Gasteiger partial charge in [-0.2, -0.15) is 0 Å². The second-order valence-corrected chi connectivity index (χ2v) is 6.78. The van der Waals surface area contributed by atoms with Crippen molar-refractivity contribution in [2.24, 2.45) is 0 Å². The fraction of sp³-hybridized carbons (Fsp3) is 0.167. The first kappa shape index (κ1) is 16.7. The first-order valence-electron chi connectivity index (χ1n) is 7.55. The summed E-state index contributed by atoms with van der Waals surface area (Å²) in [6.07, 6.45) is 5.29. The standard InChI is InChI=1S/C18H16N2O2S2/c1-2-22-15-8-4-3-7-14(15)10-16-17(21)20(18(23)24-16)12-13-6-5-9-19-11-13/h3-11H,2,12H2,1H3/b16-10+. The zero-order chi connectivity index (χ0) is 16.9. The van der Waals surface area contributed by atoms with Gasteiger partial charge in [-0.05, 0) is 30.7 Å². The third-order valence-electron chi connectivity index (χ3n) is 3.44. The second-order valence-electron chi connectivity index (χ2n) is 5.10. The maximum absolute atomic E-state index is 12.7. The van der Waals surface area contributed by atoms with Gasteiger partial charge in [-0.3, -0.25) is 14.7 Å². The van der Waals surface area contributed by atoms with Crippen LogP contribution in [0.5, 0.6) is 5.75 Å². The van der Waals surface area contributed by atoms with Gasteiger partial charge < -0.3 is 4.74 Å². The molecule has 122 valence electrons. The Morgan fingerprint density at radius 3 is 2.88 bits per heavy atom. The zero-order valence-corrected chi connectivity index (χ0v) is 14.8. The van der Waals surface area contributed by atoms with Crippen molar-refractivity contribution in [3.8, 4) is 5.75 Å². The average Bonchev–Trinajstić information content (AvgIpc) is 2.85. The van der Waals surface area contributed by atoms with Crippen molar-refractivity contribution in [3.63, 3.8) is 0 Å². The van der Waals surface area contributed by atoms with E-state index in [1.165, 1.54) is 11.8 Å². The van der Waals surface area contributed by atoms with Crippen LogP contribution in [0.1, 0.15) is 18.1 Å². The Bertz CT molecular complexity index is 791. The fourth-order valence-electron chi connectivity index (χ4n) is 2.34. The van der Waals surface area contributed by atoms with Crippen molar-refractivity contribution < 1.29 is 9.53 Å². The predicted molar refractivity (Wildman–Crippen MR) is 101 cm³/mol. The van der Waals surface area contributed by atoms with Gasteiger partial charge in [0.2, 0.25) is 0 Å². The minimum atomic E-state index is -0.0832. The van der Waals surface area contributed by atoms with Gasteiger partial charge in [-0.1, -0.05) is 48.2 Å². The lowest BCUT2D eigenvalue weighted by atomic mass is 10.2. The highest BCUT2D eigenvalue weighted by molar-refractivity contribution is 8.26. The summed E-state index contributed by atoms with van der Waals surface area (Å²) in [5.41, 5.74) is 1.82. The molecule has 0 bridgehead atoms. The number of carbonyl (C=O) groups excluding carboxylic acids is 1. The van der Waals surface area contributed by atoms with Gasteiger partial charge in [0, 0.05) is 18.0 Å². The fourth-order valence-corrected chi connectivity index (χ4v) is 3.58. The molecule has 24 heavy (non-hydrogen) atoms. The number of rotatable bonds is 5. The monoisotopic (exact) mass is 356 g/mol. The summed E-state index contributed by atoms with van der Waals surface area (Å²) in [4.78, 5) is 19.0. The number of nitrogens with zero attached hydrogens (tertiary/aromatic N) is 2. The molecule has 3 rings (SSSR count). The van der Waals surface area contributed by atoms with Crippen LogP contribution in [-0.2, 0) is 11.3 Å². The second kappa shape index (κ2) is 7.59. The summed E-state index contributed by atoms with van der Waals surface area (Å²) in [7, 11) is 0. The lowest BCUT2D eigenvalue weighted by Crippen LogP contribution is -2.27. The minimum absolute atomic E-state index is 0.0832. The van der Waals surface area contributed by atoms with Gasteiger partial charge >= 0.3 is 0 Å². The van der Waals surface area contributed by atoms with E-state index in [0.29, 0.717) is 22.4 Å². The molecule has 0 radical (unpaired) electrons. The molecule has 0 saturated carbocycles. The highest BCUT2D eigenvalue weighted by atomic mass is 32.2. The van der Waals surface area contributed by atoms with Crippen molar-refractivity contribution in [1.29, 1.82) is 0 Å². The number of amides is 1. The van der Waals surface area contributed by atoms with E-state index < -0.39 is 0 Å². The summed E-state index contributed by atoms with van der Waals surface area (Å²) in [5, 5.41) is 0. The smallest absolute Gasteiger partial charge is 0.266 e. The number of ether oxygens (including phenoxy) is 1. The molecule has 0 unspecified atom stereocenters. The van der Waals surface area contributed by atoms with Crippen molar-refractivity contribution >= 4 is 40.3 Å². The lowest BCUT2D eigenvalue weighted by Gasteiger charge is -2.13. The van der Waals surface area contributed by atoms with Gasteiger partial charge in [0.1, 0.15) is 10.1 Å². The molecular weight excluding hydrogens is 340 g/mol. The molecule has 1 aliphatic rings. The summed E-state index contributed by atoms with van der Waals surface area (Å²) in [6.45, 7) is 2.94. The lowest BCUT2D eigenvalue weighted by molar-refractivity contribution is -0.122.